The minimum atomic E-state index is -0.536. The molecule has 0 saturated heterocycles. The summed E-state index contributed by atoms with van der Waals surface area (Å²) in [7, 11) is 0. The van der Waals surface area contributed by atoms with Gasteiger partial charge in [-0.25, -0.2) is 4.39 Å². The molecule has 0 aromatic heterocycles. The van der Waals surface area contributed by atoms with Gasteiger partial charge in [0.1, 0.15) is 0 Å². The molecule has 80 valence electrons. The molecular formula is C12H13FO2. The van der Waals surface area contributed by atoms with Crippen LogP contribution in [0.1, 0.15) is 30.1 Å². The summed E-state index contributed by atoms with van der Waals surface area (Å²) in [6, 6.07) is 4.67. The van der Waals surface area contributed by atoms with Crippen molar-refractivity contribution in [3.8, 4) is 5.75 Å². The van der Waals surface area contributed by atoms with Crippen LogP contribution >= 0.6 is 0 Å². The zero-order valence-electron chi connectivity index (χ0n) is 8.63. The first-order chi connectivity index (χ1) is 7.18. The molecule has 0 radical (unpaired) electrons. The Hall–Kier alpha value is -1.38. The summed E-state index contributed by atoms with van der Waals surface area (Å²) in [5, 5.41) is 0. The van der Waals surface area contributed by atoms with E-state index >= 15 is 0 Å². The van der Waals surface area contributed by atoms with Crippen molar-refractivity contribution in [2.24, 2.45) is 5.92 Å². The fourth-order valence-electron chi connectivity index (χ4n) is 1.39. The molecule has 0 spiro atoms. The number of rotatable bonds is 4. The van der Waals surface area contributed by atoms with Gasteiger partial charge in [-0.2, -0.15) is 0 Å². The van der Waals surface area contributed by atoms with Crippen molar-refractivity contribution in [2.75, 3.05) is 6.61 Å². The zero-order valence-corrected chi connectivity index (χ0v) is 8.63. The van der Waals surface area contributed by atoms with Crippen molar-refractivity contribution < 1.29 is 13.9 Å². The molecule has 0 aliphatic heterocycles. The average Bonchev–Trinajstić information content (AvgIpc) is 2.99. The Labute approximate surface area is 88.1 Å². The summed E-state index contributed by atoms with van der Waals surface area (Å²) in [6.45, 7) is 1.90. The van der Waals surface area contributed by atoms with Crippen LogP contribution in [0, 0.1) is 11.7 Å². The lowest BCUT2D eigenvalue weighted by molar-refractivity contribution is 0.101. The number of halogens is 1. The van der Waals surface area contributed by atoms with Crippen molar-refractivity contribution in [3.05, 3.63) is 29.6 Å². The topological polar surface area (TPSA) is 26.3 Å². The molecule has 2 nitrogen and oxygen atoms in total. The van der Waals surface area contributed by atoms with E-state index in [1.54, 1.807) is 12.1 Å². The molecule has 1 saturated carbocycles. The summed E-state index contributed by atoms with van der Waals surface area (Å²) >= 11 is 0. The van der Waals surface area contributed by atoms with Crippen LogP contribution in [0.2, 0.25) is 0 Å². The Kier molecular flexibility index (Phi) is 2.71. The van der Waals surface area contributed by atoms with Crippen LogP contribution in [-0.2, 0) is 0 Å². The smallest absolute Gasteiger partial charge is 0.175 e. The first-order valence-corrected chi connectivity index (χ1v) is 5.10. The van der Waals surface area contributed by atoms with Crippen molar-refractivity contribution in [1.82, 2.24) is 0 Å². The van der Waals surface area contributed by atoms with Gasteiger partial charge < -0.3 is 4.74 Å². The van der Waals surface area contributed by atoms with Gasteiger partial charge in [0.25, 0.3) is 0 Å². The molecular weight excluding hydrogens is 195 g/mol. The van der Waals surface area contributed by atoms with Gasteiger partial charge in [-0.3, -0.25) is 4.79 Å². The molecule has 1 aliphatic rings. The first kappa shape index (κ1) is 10.1. The fourth-order valence-corrected chi connectivity index (χ4v) is 1.39. The lowest BCUT2D eigenvalue weighted by Crippen LogP contribution is -2.04. The van der Waals surface area contributed by atoms with Crippen molar-refractivity contribution in [2.45, 2.75) is 19.8 Å². The second-order valence-electron chi connectivity index (χ2n) is 3.93. The SMILES string of the molecule is CC(=O)c1cccc(OCC2CC2)c1F. The van der Waals surface area contributed by atoms with E-state index in [1.165, 1.54) is 13.0 Å². The number of hydrogen-bond acceptors (Lipinski definition) is 2. The quantitative estimate of drug-likeness (QED) is 0.711. The molecule has 1 aromatic carbocycles. The summed E-state index contributed by atoms with van der Waals surface area (Å²) in [5.41, 5.74) is 0.100. The zero-order chi connectivity index (χ0) is 10.8. The average molecular weight is 208 g/mol. The van der Waals surface area contributed by atoms with Crippen LogP contribution in [0.3, 0.4) is 0 Å². The molecule has 0 amide bonds. The van der Waals surface area contributed by atoms with Crippen LogP contribution in [0.25, 0.3) is 0 Å². The highest BCUT2D eigenvalue weighted by Crippen LogP contribution is 2.30. The van der Waals surface area contributed by atoms with Gasteiger partial charge in [0.2, 0.25) is 0 Å². The fraction of sp³-hybridized carbons (Fsp3) is 0.417. The molecule has 3 heteroatoms. The summed E-state index contributed by atoms with van der Waals surface area (Å²) in [6.07, 6.45) is 2.32. The minimum Gasteiger partial charge on any atom is -0.490 e. The number of ketones is 1. The molecule has 0 unspecified atom stereocenters. The maximum absolute atomic E-state index is 13.6. The molecule has 0 N–H and O–H groups in total. The van der Waals surface area contributed by atoms with Gasteiger partial charge in [0.15, 0.2) is 17.3 Å². The standard InChI is InChI=1S/C12H13FO2/c1-8(14)10-3-2-4-11(12(10)13)15-7-9-5-6-9/h2-4,9H,5-7H2,1H3. The Balaban J connectivity index is 2.14. The molecule has 1 aliphatic carbocycles. The van der Waals surface area contributed by atoms with Crippen LogP contribution < -0.4 is 4.74 Å². The minimum absolute atomic E-state index is 0.100. The molecule has 1 fully saturated rings. The third-order valence-electron chi connectivity index (χ3n) is 2.51. The Morgan fingerprint density at radius 2 is 2.27 bits per heavy atom. The van der Waals surface area contributed by atoms with Gasteiger partial charge in [-0.05, 0) is 37.8 Å². The summed E-state index contributed by atoms with van der Waals surface area (Å²) in [5.74, 6) is -0.0463. The van der Waals surface area contributed by atoms with E-state index in [2.05, 4.69) is 0 Å². The second-order valence-corrected chi connectivity index (χ2v) is 3.93. The first-order valence-electron chi connectivity index (χ1n) is 5.10. The number of ether oxygens (including phenoxy) is 1. The summed E-state index contributed by atoms with van der Waals surface area (Å²) < 4.78 is 19.0. The Morgan fingerprint density at radius 1 is 1.53 bits per heavy atom. The van der Waals surface area contributed by atoms with Crippen LogP contribution in [0.4, 0.5) is 4.39 Å². The van der Waals surface area contributed by atoms with Crippen molar-refractivity contribution in [1.29, 1.82) is 0 Å². The monoisotopic (exact) mass is 208 g/mol. The van der Waals surface area contributed by atoms with E-state index in [4.69, 9.17) is 4.74 Å². The number of benzene rings is 1. The van der Waals surface area contributed by atoms with E-state index in [-0.39, 0.29) is 17.1 Å². The van der Waals surface area contributed by atoms with Crippen molar-refractivity contribution >= 4 is 5.78 Å². The highest BCUT2D eigenvalue weighted by atomic mass is 19.1. The molecule has 1 aromatic rings. The highest BCUT2D eigenvalue weighted by Gasteiger charge is 2.23. The van der Waals surface area contributed by atoms with Gasteiger partial charge >= 0.3 is 0 Å². The second kappa shape index (κ2) is 4.01. The molecule has 0 bridgehead atoms. The normalized spacial score (nSPS) is 15.1. The number of carbonyl (C=O) groups excluding carboxylic acids is 1. The highest BCUT2D eigenvalue weighted by molar-refractivity contribution is 5.94. The maximum atomic E-state index is 13.6. The predicted octanol–water partition coefficient (Wildman–Crippen LogP) is 2.82. The summed E-state index contributed by atoms with van der Waals surface area (Å²) in [4.78, 5) is 11.1. The van der Waals surface area contributed by atoms with Crippen LogP contribution in [-0.4, -0.2) is 12.4 Å². The van der Waals surface area contributed by atoms with Crippen LogP contribution in [0.15, 0.2) is 18.2 Å². The van der Waals surface area contributed by atoms with E-state index in [9.17, 15) is 9.18 Å². The molecule has 0 atom stereocenters. The third kappa shape index (κ3) is 2.35. The molecule has 15 heavy (non-hydrogen) atoms. The number of Topliss-reactive ketones (excluding diaryl/α,β-unsaturated/α-hetero) is 1. The predicted molar refractivity (Wildman–Crippen MR) is 54.6 cm³/mol. The largest absolute Gasteiger partial charge is 0.490 e. The van der Waals surface area contributed by atoms with E-state index in [0.29, 0.717) is 12.5 Å². The lowest BCUT2D eigenvalue weighted by atomic mass is 10.1. The van der Waals surface area contributed by atoms with Gasteiger partial charge in [-0.1, -0.05) is 6.07 Å². The maximum Gasteiger partial charge on any atom is 0.175 e. The third-order valence-corrected chi connectivity index (χ3v) is 2.51. The van der Waals surface area contributed by atoms with Crippen LogP contribution in [0.5, 0.6) is 5.75 Å². The number of hydrogen-bond donors (Lipinski definition) is 0. The van der Waals surface area contributed by atoms with Gasteiger partial charge in [-0.15, -0.1) is 0 Å². The Bertz CT molecular complexity index is 383. The van der Waals surface area contributed by atoms with Gasteiger partial charge in [0.05, 0.1) is 12.2 Å². The Morgan fingerprint density at radius 3 is 2.87 bits per heavy atom. The van der Waals surface area contributed by atoms with E-state index in [0.717, 1.165) is 12.8 Å². The van der Waals surface area contributed by atoms with E-state index < -0.39 is 5.82 Å². The number of carbonyl (C=O) groups is 1. The lowest BCUT2D eigenvalue weighted by Gasteiger charge is -2.07. The molecule has 2 rings (SSSR count). The molecule has 0 heterocycles. The van der Waals surface area contributed by atoms with E-state index in [1.807, 2.05) is 0 Å². The van der Waals surface area contributed by atoms with Crippen molar-refractivity contribution in [3.63, 3.8) is 0 Å². The van der Waals surface area contributed by atoms with Gasteiger partial charge in [0, 0.05) is 0 Å².